The number of hydrogen-bond donors (Lipinski definition) is 0. The van der Waals surface area contributed by atoms with E-state index in [9.17, 15) is 0 Å². The fraction of sp³-hybridized carbons (Fsp3) is 1.00. The molecule has 86 valence electrons. The monoisotopic (exact) mass is 212 g/mol. The Kier molecular flexibility index (Phi) is 3.91. The van der Waals surface area contributed by atoms with Crippen LogP contribution in [0, 0.1) is 0 Å². The van der Waals surface area contributed by atoms with Crippen molar-refractivity contribution in [2.24, 2.45) is 10.3 Å². The molecule has 0 saturated carbocycles. The van der Waals surface area contributed by atoms with Crippen LogP contribution in [0.1, 0.15) is 13.3 Å². The third-order valence-corrected chi connectivity index (χ3v) is 3.01. The van der Waals surface area contributed by atoms with E-state index in [1.54, 1.807) is 0 Å². The van der Waals surface area contributed by atoms with Crippen molar-refractivity contribution in [2.75, 3.05) is 45.9 Å². The van der Waals surface area contributed by atoms with Gasteiger partial charge in [0.05, 0.1) is 32.3 Å². The molecule has 0 aromatic heterocycles. The van der Waals surface area contributed by atoms with Crippen molar-refractivity contribution in [1.82, 2.24) is 9.91 Å². The fourth-order valence-electron chi connectivity index (χ4n) is 1.89. The lowest BCUT2D eigenvalue weighted by atomic mass is 10.2. The second kappa shape index (κ2) is 5.42. The van der Waals surface area contributed by atoms with Crippen molar-refractivity contribution < 1.29 is 4.74 Å². The van der Waals surface area contributed by atoms with Crippen molar-refractivity contribution in [2.45, 2.75) is 19.4 Å². The van der Waals surface area contributed by atoms with E-state index in [0.717, 1.165) is 52.4 Å². The van der Waals surface area contributed by atoms with Crippen LogP contribution >= 0.6 is 0 Å². The molecule has 0 aromatic rings. The number of rotatable bonds is 4. The Morgan fingerprint density at radius 2 is 2.07 bits per heavy atom. The predicted molar refractivity (Wildman–Crippen MR) is 57.8 cm³/mol. The van der Waals surface area contributed by atoms with Crippen LogP contribution in [-0.4, -0.2) is 61.9 Å². The quantitative estimate of drug-likeness (QED) is 0.691. The van der Waals surface area contributed by atoms with E-state index < -0.39 is 0 Å². The maximum absolute atomic E-state index is 5.31. The summed E-state index contributed by atoms with van der Waals surface area (Å²) < 4.78 is 5.31. The second-order valence-electron chi connectivity index (χ2n) is 4.13. The van der Waals surface area contributed by atoms with Crippen molar-refractivity contribution >= 4 is 0 Å². The largest absolute Gasteiger partial charge is 0.379 e. The molecule has 0 amide bonds. The first-order chi connectivity index (χ1) is 7.38. The van der Waals surface area contributed by atoms with E-state index in [-0.39, 0.29) is 0 Å². The van der Waals surface area contributed by atoms with Crippen LogP contribution < -0.4 is 0 Å². The third kappa shape index (κ3) is 3.14. The first kappa shape index (κ1) is 10.8. The van der Waals surface area contributed by atoms with Crippen LogP contribution in [0.4, 0.5) is 0 Å². The van der Waals surface area contributed by atoms with Gasteiger partial charge in [0.1, 0.15) is 0 Å². The normalized spacial score (nSPS) is 27.5. The first-order valence-electron chi connectivity index (χ1n) is 5.84. The third-order valence-electron chi connectivity index (χ3n) is 3.01. The van der Waals surface area contributed by atoms with Gasteiger partial charge in [0.25, 0.3) is 0 Å². The summed E-state index contributed by atoms with van der Waals surface area (Å²) in [5.41, 5.74) is 0. The molecule has 1 fully saturated rings. The Morgan fingerprint density at radius 3 is 2.73 bits per heavy atom. The number of nitrogens with zero attached hydrogens (tertiary/aromatic N) is 4. The smallest absolute Gasteiger partial charge is 0.0918 e. The van der Waals surface area contributed by atoms with Gasteiger partial charge in [0, 0.05) is 19.6 Å². The molecular formula is C10H20N4O. The second-order valence-corrected chi connectivity index (χ2v) is 4.13. The molecule has 2 aliphatic heterocycles. The minimum atomic E-state index is 0.426. The molecule has 0 bridgehead atoms. The lowest BCUT2D eigenvalue weighted by molar-refractivity contribution is 0.0338. The average Bonchev–Trinajstić information content (AvgIpc) is 2.76. The molecule has 0 N–H and O–H groups in total. The highest BCUT2D eigenvalue weighted by Crippen LogP contribution is 2.11. The average molecular weight is 212 g/mol. The highest BCUT2D eigenvalue weighted by Gasteiger charge is 2.18. The minimum absolute atomic E-state index is 0.426. The number of ether oxygens (including phenoxy) is 1. The van der Waals surface area contributed by atoms with Crippen LogP contribution in [0.15, 0.2) is 10.3 Å². The zero-order valence-corrected chi connectivity index (χ0v) is 9.43. The molecule has 5 heteroatoms. The number of hydrogen-bond acceptors (Lipinski definition) is 5. The number of morpholine rings is 1. The van der Waals surface area contributed by atoms with Gasteiger partial charge in [0.15, 0.2) is 0 Å². The Labute approximate surface area is 91.1 Å². The summed E-state index contributed by atoms with van der Waals surface area (Å²) in [5.74, 6) is 0. The van der Waals surface area contributed by atoms with E-state index in [1.807, 2.05) is 0 Å². The standard InChI is InChI=1S/C10H20N4O/c1-2-10-9-14(12-11-10)4-3-13-5-7-15-8-6-13/h10H,2-9H2,1H3. The van der Waals surface area contributed by atoms with E-state index in [4.69, 9.17) is 4.74 Å². The molecule has 0 aromatic carbocycles. The van der Waals surface area contributed by atoms with Crippen LogP contribution in [0.2, 0.25) is 0 Å². The predicted octanol–water partition coefficient (Wildman–Crippen LogP) is 0.780. The van der Waals surface area contributed by atoms with Gasteiger partial charge in [-0.2, -0.15) is 5.11 Å². The van der Waals surface area contributed by atoms with Crippen molar-refractivity contribution in [3.63, 3.8) is 0 Å². The van der Waals surface area contributed by atoms with Crippen molar-refractivity contribution in [3.8, 4) is 0 Å². The molecule has 0 radical (unpaired) electrons. The van der Waals surface area contributed by atoms with Crippen LogP contribution in [-0.2, 0) is 4.74 Å². The van der Waals surface area contributed by atoms with E-state index in [0.29, 0.717) is 6.04 Å². The van der Waals surface area contributed by atoms with Crippen LogP contribution in [0.3, 0.4) is 0 Å². The molecule has 0 aliphatic carbocycles. The Bertz CT molecular complexity index is 215. The van der Waals surface area contributed by atoms with Gasteiger partial charge >= 0.3 is 0 Å². The van der Waals surface area contributed by atoms with Crippen LogP contribution in [0.25, 0.3) is 0 Å². The molecule has 1 unspecified atom stereocenters. The highest BCUT2D eigenvalue weighted by atomic mass is 16.5. The minimum Gasteiger partial charge on any atom is -0.379 e. The molecule has 2 heterocycles. The maximum atomic E-state index is 5.31. The molecule has 5 nitrogen and oxygen atoms in total. The zero-order valence-electron chi connectivity index (χ0n) is 9.43. The Balaban J connectivity index is 1.63. The lowest BCUT2D eigenvalue weighted by Crippen LogP contribution is -2.40. The van der Waals surface area contributed by atoms with E-state index in [1.165, 1.54) is 0 Å². The lowest BCUT2D eigenvalue weighted by Gasteiger charge is -2.27. The van der Waals surface area contributed by atoms with Gasteiger partial charge in [-0.15, -0.1) is 0 Å². The summed E-state index contributed by atoms with van der Waals surface area (Å²) in [4.78, 5) is 2.43. The van der Waals surface area contributed by atoms with Gasteiger partial charge in [-0.3, -0.25) is 9.91 Å². The molecule has 1 saturated heterocycles. The fourth-order valence-corrected chi connectivity index (χ4v) is 1.89. The summed E-state index contributed by atoms with van der Waals surface area (Å²) >= 11 is 0. The molecular weight excluding hydrogens is 192 g/mol. The highest BCUT2D eigenvalue weighted by molar-refractivity contribution is 4.73. The topological polar surface area (TPSA) is 40.4 Å². The van der Waals surface area contributed by atoms with E-state index in [2.05, 4.69) is 27.2 Å². The van der Waals surface area contributed by atoms with Gasteiger partial charge < -0.3 is 4.74 Å². The summed E-state index contributed by atoms with van der Waals surface area (Å²) in [6.45, 7) is 9.11. The Hall–Kier alpha value is -0.680. The Morgan fingerprint density at radius 1 is 1.27 bits per heavy atom. The van der Waals surface area contributed by atoms with Crippen molar-refractivity contribution in [3.05, 3.63) is 0 Å². The van der Waals surface area contributed by atoms with E-state index >= 15 is 0 Å². The molecule has 2 rings (SSSR count). The maximum Gasteiger partial charge on any atom is 0.0918 e. The zero-order chi connectivity index (χ0) is 10.5. The SMILES string of the molecule is CCC1CN(CCN2CCOCC2)N=N1. The van der Waals surface area contributed by atoms with Crippen molar-refractivity contribution in [1.29, 1.82) is 0 Å². The van der Waals surface area contributed by atoms with Crippen LogP contribution in [0.5, 0.6) is 0 Å². The van der Waals surface area contributed by atoms with Gasteiger partial charge in [0.2, 0.25) is 0 Å². The van der Waals surface area contributed by atoms with Gasteiger partial charge in [-0.25, -0.2) is 0 Å². The summed E-state index contributed by atoms with van der Waals surface area (Å²) in [6.07, 6.45) is 1.09. The first-order valence-corrected chi connectivity index (χ1v) is 5.84. The van der Waals surface area contributed by atoms with Gasteiger partial charge in [-0.05, 0) is 6.42 Å². The summed E-state index contributed by atoms with van der Waals surface area (Å²) in [6, 6.07) is 0.426. The molecule has 2 aliphatic rings. The summed E-state index contributed by atoms with van der Waals surface area (Å²) in [5, 5.41) is 10.5. The molecule has 0 spiro atoms. The van der Waals surface area contributed by atoms with Gasteiger partial charge in [-0.1, -0.05) is 12.1 Å². The molecule has 15 heavy (non-hydrogen) atoms. The molecule has 1 atom stereocenters. The summed E-state index contributed by atoms with van der Waals surface area (Å²) in [7, 11) is 0.